The molecular formula is C14H17ClFN3. The average molecular weight is 282 g/mol. The molecule has 0 fully saturated rings. The summed E-state index contributed by atoms with van der Waals surface area (Å²) in [5.74, 6) is 1.10. The molecule has 102 valence electrons. The Morgan fingerprint density at radius 2 is 2.11 bits per heavy atom. The SMILES string of the molecule is CCn1c(C(C)C)nc(-c2c(F)cccc2Cl)c1N. The van der Waals surface area contributed by atoms with Crippen LogP contribution >= 0.6 is 11.6 Å². The molecule has 1 aromatic carbocycles. The van der Waals surface area contributed by atoms with Gasteiger partial charge in [-0.05, 0) is 19.1 Å². The lowest BCUT2D eigenvalue weighted by atomic mass is 10.1. The molecule has 0 aliphatic carbocycles. The van der Waals surface area contributed by atoms with E-state index in [9.17, 15) is 4.39 Å². The summed E-state index contributed by atoms with van der Waals surface area (Å²) in [6.07, 6.45) is 0. The first-order valence-corrected chi connectivity index (χ1v) is 6.65. The molecule has 0 radical (unpaired) electrons. The van der Waals surface area contributed by atoms with E-state index in [4.69, 9.17) is 17.3 Å². The van der Waals surface area contributed by atoms with Crippen molar-refractivity contribution in [2.24, 2.45) is 0 Å². The van der Waals surface area contributed by atoms with E-state index in [1.165, 1.54) is 6.07 Å². The highest BCUT2D eigenvalue weighted by molar-refractivity contribution is 6.33. The van der Waals surface area contributed by atoms with Gasteiger partial charge in [0.15, 0.2) is 0 Å². The van der Waals surface area contributed by atoms with E-state index < -0.39 is 5.82 Å². The number of hydrogen-bond acceptors (Lipinski definition) is 2. The molecule has 2 aromatic rings. The lowest BCUT2D eigenvalue weighted by molar-refractivity contribution is 0.631. The second-order valence-corrected chi connectivity index (χ2v) is 5.11. The van der Waals surface area contributed by atoms with Crippen molar-refractivity contribution in [3.8, 4) is 11.3 Å². The Hall–Kier alpha value is -1.55. The van der Waals surface area contributed by atoms with Crippen molar-refractivity contribution in [2.45, 2.75) is 33.2 Å². The molecule has 1 heterocycles. The maximum atomic E-state index is 14.0. The van der Waals surface area contributed by atoms with Gasteiger partial charge >= 0.3 is 0 Å². The Morgan fingerprint density at radius 1 is 1.42 bits per heavy atom. The highest BCUT2D eigenvalue weighted by Gasteiger charge is 2.21. The molecule has 0 saturated carbocycles. The quantitative estimate of drug-likeness (QED) is 0.922. The first-order chi connectivity index (χ1) is 8.97. The molecule has 0 amide bonds. The largest absolute Gasteiger partial charge is 0.383 e. The molecule has 0 unspecified atom stereocenters. The van der Waals surface area contributed by atoms with Crippen LogP contribution < -0.4 is 5.73 Å². The van der Waals surface area contributed by atoms with Gasteiger partial charge in [-0.25, -0.2) is 9.37 Å². The molecule has 0 aliphatic rings. The van der Waals surface area contributed by atoms with Crippen LogP contribution in [0, 0.1) is 5.82 Å². The van der Waals surface area contributed by atoms with Crippen molar-refractivity contribution in [2.75, 3.05) is 5.73 Å². The maximum Gasteiger partial charge on any atom is 0.134 e. The van der Waals surface area contributed by atoms with Crippen molar-refractivity contribution in [3.05, 3.63) is 34.9 Å². The van der Waals surface area contributed by atoms with Gasteiger partial charge in [0.05, 0.1) is 10.6 Å². The van der Waals surface area contributed by atoms with Crippen LogP contribution in [0.1, 0.15) is 32.5 Å². The zero-order chi connectivity index (χ0) is 14.2. The molecular weight excluding hydrogens is 265 g/mol. The summed E-state index contributed by atoms with van der Waals surface area (Å²) < 4.78 is 15.9. The Kier molecular flexibility index (Phi) is 3.80. The predicted molar refractivity (Wildman–Crippen MR) is 76.8 cm³/mol. The van der Waals surface area contributed by atoms with Gasteiger partial charge in [0, 0.05) is 12.5 Å². The van der Waals surface area contributed by atoms with E-state index >= 15 is 0 Å². The van der Waals surface area contributed by atoms with Crippen LogP contribution in [0.2, 0.25) is 5.02 Å². The van der Waals surface area contributed by atoms with Crippen molar-refractivity contribution >= 4 is 17.4 Å². The fraction of sp³-hybridized carbons (Fsp3) is 0.357. The lowest BCUT2D eigenvalue weighted by Crippen LogP contribution is -2.06. The van der Waals surface area contributed by atoms with Gasteiger partial charge < -0.3 is 10.3 Å². The van der Waals surface area contributed by atoms with E-state index in [0.717, 1.165) is 5.82 Å². The first kappa shape index (κ1) is 13.9. The number of aromatic nitrogens is 2. The van der Waals surface area contributed by atoms with E-state index in [-0.39, 0.29) is 11.5 Å². The van der Waals surface area contributed by atoms with Gasteiger partial charge in [0.25, 0.3) is 0 Å². The van der Waals surface area contributed by atoms with Crippen LogP contribution in [0.5, 0.6) is 0 Å². The standard InChI is InChI=1S/C14H17ClFN3/c1-4-19-13(17)12(18-14(19)8(2)3)11-9(15)6-5-7-10(11)16/h5-8H,4,17H2,1-3H3. The second kappa shape index (κ2) is 5.21. The molecule has 1 aromatic heterocycles. The van der Waals surface area contributed by atoms with E-state index in [1.54, 1.807) is 12.1 Å². The van der Waals surface area contributed by atoms with E-state index in [0.29, 0.717) is 23.1 Å². The average Bonchev–Trinajstić information content (AvgIpc) is 2.67. The normalized spacial score (nSPS) is 11.3. The van der Waals surface area contributed by atoms with Crippen LogP contribution in [0.3, 0.4) is 0 Å². The highest BCUT2D eigenvalue weighted by atomic mass is 35.5. The summed E-state index contributed by atoms with van der Waals surface area (Å²) in [5, 5.41) is 0.322. The minimum atomic E-state index is -0.407. The monoisotopic (exact) mass is 281 g/mol. The summed E-state index contributed by atoms with van der Waals surface area (Å²) in [6, 6.07) is 4.57. The summed E-state index contributed by atoms with van der Waals surface area (Å²) in [5.41, 5.74) is 6.80. The molecule has 0 saturated heterocycles. The number of anilines is 1. The zero-order valence-electron chi connectivity index (χ0n) is 11.2. The molecule has 5 heteroatoms. The molecule has 0 aliphatic heterocycles. The molecule has 3 nitrogen and oxygen atoms in total. The van der Waals surface area contributed by atoms with Gasteiger partial charge in [-0.2, -0.15) is 0 Å². The van der Waals surface area contributed by atoms with Crippen LogP contribution in [0.25, 0.3) is 11.3 Å². The molecule has 0 atom stereocenters. The van der Waals surface area contributed by atoms with Crippen LogP contribution in [-0.4, -0.2) is 9.55 Å². The number of imidazole rings is 1. The van der Waals surface area contributed by atoms with Crippen LogP contribution in [-0.2, 0) is 6.54 Å². The van der Waals surface area contributed by atoms with Gasteiger partial charge in [0.2, 0.25) is 0 Å². The number of nitrogen functional groups attached to an aromatic ring is 1. The minimum absolute atomic E-state index is 0.210. The third-order valence-electron chi connectivity index (χ3n) is 3.07. The predicted octanol–water partition coefficient (Wildman–Crippen LogP) is 4.07. The number of halogens is 2. The summed E-state index contributed by atoms with van der Waals surface area (Å²) in [7, 11) is 0. The number of nitrogens with two attached hydrogens (primary N) is 1. The summed E-state index contributed by atoms with van der Waals surface area (Å²) >= 11 is 6.08. The third kappa shape index (κ3) is 2.32. The number of hydrogen-bond donors (Lipinski definition) is 1. The van der Waals surface area contributed by atoms with E-state index in [1.807, 2.05) is 25.3 Å². The fourth-order valence-electron chi connectivity index (χ4n) is 2.16. The minimum Gasteiger partial charge on any atom is -0.383 e. The second-order valence-electron chi connectivity index (χ2n) is 4.70. The third-order valence-corrected chi connectivity index (χ3v) is 3.38. The molecule has 2 rings (SSSR count). The van der Waals surface area contributed by atoms with Crippen LogP contribution in [0.15, 0.2) is 18.2 Å². The fourth-order valence-corrected chi connectivity index (χ4v) is 2.42. The highest BCUT2D eigenvalue weighted by Crippen LogP contribution is 2.35. The maximum absolute atomic E-state index is 14.0. The van der Waals surface area contributed by atoms with Crippen molar-refractivity contribution in [1.82, 2.24) is 9.55 Å². The lowest BCUT2D eigenvalue weighted by Gasteiger charge is -2.08. The van der Waals surface area contributed by atoms with Gasteiger partial charge in [-0.15, -0.1) is 0 Å². The first-order valence-electron chi connectivity index (χ1n) is 6.27. The van der Waals surface area contributed by atoms with Crippen LogP contribution in [0.4, 0.5) is 10.2 Å². The topological polar surface area (TPSA) is 43.8 Å². The molecule has 2 N–H and O–H groups in total. The summed E-state index contributed by atoms with van der Waals surface area (Å²) in [4.78, 5) is 4.49. The number of benzene rings is 1. The Morgan fingerprint density at radius 3 is 2.58 bits per heavy atom. The van der Waals surface area contributed by atoms with Crippen molar-refractivity contribution in [3.63, 3.8) is 0 Å². The van der Waals surface area contributed by atoms with Crippen molar-refractivity contribution in [1.29, 1.82) is 0 Å². The Bertz CT molecular complexity index is 585. The molecule has 19 heavy (non-hydrogen) atoms. The van der Waals surface area contributed by atoms with Crippen molar-refractivity contribution < 1.29 is 4.39 Å². The number of rotatable bonds is 3. The smallest absolute Gasteiger partial charge is 0.134 e. The van der Waals surface area contributed by atoms with Gasteiger partial charge in [-0.3, -0.25) is 0 Å². The Labute approximate surface area is 117 Å². The molecule has 0 bridgehead atoms. The van der Waals surface area contributed by atoms with E-state index in [2.05, 4.69) is 4.98 Å². The zero-order valence-corrected chi connectivity index (χ0v) is 12.0. The summed E-state index contributed by atoms with van der Waals surface area (Å²) in [6.45, 7) is 6.73. The van der Waals surface area contributed by atoms with Gasteiger partial charge in [-0.1, -0.05) is 31.5 Å². The Balaban J connectivity index is 2.70. The number of nitrogens with zero attached hydrogens (tertiary/aromatic N) is 2. The van der Waals surface area contributed by atoms with Gasteiger partial charge in [0.1, 0.15) is 23.2 Å². The molecule has 0 spiro atoms.